The molecule has 1 atom stereocenters. The summed E-state index contributed by atoms with van der Waals surface area (Å²) in [4.78, 5) is 25.0. The van der Waals surface area contributed by atoms with Gasteiger partial charge in [0.2, 0.25) is 11.9 Å². The maximum atomic E-state index is 11.7. The van der Waals surface area contributed by atoms with E-state index in [1.54, 1.807) is 18.0 Å². The predicted octanol–water partition coefficient (Wildman–Crippen LogP) is 1.37. The minimum absolute atomic E-state index is 0.138. The van der Waals surface area contributed by atoms with Gasteiger partial charge in [-0.25, -0.2) is 9.67 Å². The number of anilines is 1. The molecule has 0 aromatic carbocycles. The zero-order valence-electron chi connectivity index (χ0n) is 15.9. The van der Waals surface area contributed by atoms with E-state index < -0.39 is 0 Å². The largest absolute Gasteiger partial charge is 0.496 e. The minimum atomic E-state index is -0.361. The lowest BCUT2D eigenvalue weighted by Gasteiger charge is -2.13. The number of hydrogen-bond donors (Lipinski definition) is 2. The van der Waals surface area contributed by atoms with Crippen LogP contribution in [0.15, 0.2) is 11.2 Å². The van der Waals surface area contributed by atoms with Crippen LogP contribution in [0.1, 0.15) is 28.9 Å². The van der Waals surface area contributed by atoms with Crippen molar-refractivity contribution in [1.82, 2.24) is 24.7 Å². The van der Waals surface area contributed by atoms with E-state index in [-0.39, 0.29) is 17.1 Å². The predicted molar refractivity (Wildman–Crippen MR) is 106 cm³/mol. The second kappa shape index (κ2) is 6.93. The summed E-state index contributed by atoms with van der Waals surface area (Å²) in [5.74, 6) is 0.594. The second-order valence-corrected chi connectivity index (χ2v) is 7.98. The highest BCUT2D eigenvalue weighted by molar-refractivity contribution is 8.00. The molecule has 4 heterocycles. The molecule has 0 saturated carbocycles. The molecule has 0 spiro atoms. The van der Waals surface area contributed by atoms with Gasteiger partial charge in [0, 0.05) is 17.3 Å². The van der Waals surface area contributed by atoms with Gasteiger partial charge in [0.1, 0.15) is 10.8 Å². The van der Waals surface area contributed by atoms with Crippen LogP contribution in [0.2, 0.25) is 0 Å². The normalized spacial score (nSPS) is 16.2. The van der Waals surface area contributed by atoms with E-state index in [0.29, 0.717) is 30.1 Å². The molecule has 0 saturated heterocycles. The first-order chi connectivity index (χ1) is 13.4. The van der Waals surface area contributed by atoms with Crippen LogP contribution in [0.25, 0.3) is 11.0 Å². The number of pyridine rings is 1. The summed E-state index contributed by atoms with van der Waals surface area (Å²) < 4.78 is 7.30. The number of nitrogen functional groups attached to an aromatic ring is 1. The molecule has 146 valence electrons. The Kier molecular flexibility index (Phi) is 4.58. The number of aryl methyl sites for hydroxylation is 2. The highest BCUT2D eigenvalue weighted by atomic mass is 32.2. The molecule has 0 aliphatic carbocycles. The monoisotopic (exact) mass is 399 g/mol. The van der Waals surface area contributed by atoms with Gasteiger partial charge in [0.15, 0.2) is 5.65 Å². The van der Waals surface area contributed by atoms with Crippen LogP contribution in [-0.2, 0) is 17.8 Å². The highest BCUT2D eigenvalue weighted by Crippen LogP contribution is 2.37. The van der Waals surface area contributed by atoms with Crippen molar-refractivity contribution < 1.29 is 9.53 Å². The SMILES string of the molecule is COc1c(C)cnc(Cn2nc3c4c(nc(N)nc42)SC(C(N)=O)CC3)c1C. The molecule has 0 fully saturated rings. The van der Waals surface area contributed by atoms with Crippen LogP contribution in [0.5, 0.6) is 5.75 Å². The van der Waals surface area contributed by atoms with Crippen LogP contribution in [0.4, 0.5) is 5.95 Å². The number of ether oxygens (including phenoxy) is 1. The fourth-order valence-corrected chi connectivity index (χ4v) is 4.63. The van der Waals surface area contributed by atoms with Crippen LogP contribution < -0.4 is 16.2 Å². The molecule has 10 heteroatoms. The smallest absolute Gasteiger partial charge is 0.230 e. The zero-order valence-corrected chi connectivity index (χ0v) is 16.7. The van der Waals surface area contributed by atoms with E-state index in [1.165, 1.54) is 11.8 Å². The Labute approximate surface area is 165 Å². The molecule has 1 aliphatic rings. The Morgan fingerprint density at radius 1 is 1.39 bits per heavy atom. The highest BCUT2D eigenvalue weighted by Gasteiger charge is 2.28. The van der Waals surface area contributed by atoms with Gasteiger partial charge in [0.25, 0.3) is 0 Å². The third-order valence-electron chi connectivity index (χ3n) is 4.91. The third kappa shape index (κ3) is 3.03. The Morgan fingerprint density at radius 2 is 2.18 bits per heavy atom. The number of rotatable bonds is 4. The lowest BCUT2D eigenvalue weighted by Crippen LogP contribution is -2.25. The van der Waals surface area contributed by atoms with E-state index in [2.05, 4.69) is 15.0 Å². The number of thioether (sulfide) groups is 1. The summed E-state index contributed by atoms with van der Waals surface area (Å²) in [5, 5.41) is 5.87. The van der Waals surface area contributed by atoms with Crippen LogP contribution in [0.3, 0.4) is 0 Å². The first-order valence-corrected chi connectivity index (χ1v) is 9.75. The lowest BCUT2D eigenvalue weighted by molar-refractivity contribution is -0.117. The van der Waals surface area contributed by atoms with Crippen molar-refractivity contribution in [3.8, 4) is 5.75 Å². The van der Waals surface area contributed by atoms with E-state index >= 15 is 0 Å². The molecule has 0 bridgehead atoms. The number of nitrogens with two attached hydrogens (primary N) is 2. The van der Waals surface area contributed by atoms with Crippen LogP contribution >= 0.6 is 11.8 Å². The number of carbonyl (C=O) groups excluding carboxylic acids is 1. The molecule has 3 aromatic rings. The van der Waals surface area contributed by atoms with Crippen molar-refractivity contribution >= 4 is 34.7 Å². The standard InChI is InChI=1S/C18H21N7O2S/c1-8-6-21-11(9(2)14(8)27-3)7-25-16-13-10(24-25)4-5-12(15(19)26)28-17(13)23-18(20)22-16/h6,12H,4-5,7H2,1-3H3,(H2,19,26)(H2,20,22,23). The van der Waals surface area contributed by atoms with Crippen molar-refractivity contribution in [3.05, 3.63) is 28.7 Å². The van der Waals surface area contributed by atoms with Crippen molar-refractivity contribution in [3.63, 3.8) is 0 Å². The maximum absolute atomic E-state index is 11.7. The number of nitrogens with zero attached hydrogens (tertiary/aromatic N) is 5. The summed E-state index contributed by atoms with van der Waals surface area (Å²) in [6.07, 6.45) is 3.00. The average Bonchev–Trinajstić information content (AvgIpc) is 2.86. The van der Waals surface area contributed by atoms with Crippen molar-refractivity contribution in [2.24, 2.45) is 5.73 Å². The molecule has 4 N–H and O–H groups in total. The number of methoxy groups -OCH3 is 1. The average molecular weight is 399 g/mol. The number of primary amides is 1. The zero-order chi connectivity index (χ0) is 20.0. The summed E-state index contributed by atoms with van der Waals surface area (Å²) in [6, 6.07) is 0. The topological polar surface area (TPSA) is 135 Å². The van der Waals surface area contributed by atoms with Gasteiger partial charge in [-0.1, -0.05) is 11.8 Å². The van der Waals surface area contributed by atoms with Crippen molar-refractivity contribution in [1.29, 1.82) is 0 Å². The number of hydrogen-bond acceptors (Lipinski definition) is 8. The molecule has 9 nitrogen and oxygen atoms in total. The molecule has 28 heavy (non-hydrogen) atoms. The number of aromatic nitrogens is 5. The summed E-state index contributed by atoms with van der Waals surface area (Å²) in [6.45, 7) is 4.37. The summed E-state index contributed by atoms with van der Waals surface area (Å²) in [7, 11) is 1.65. The Morgan fingerprint density at radius 3 is 2.89 bits per heavy atom. The third-order valence-corrected chi connectivity index (χ3v) is 6.18. The van der Waals surface area contributed by atoms with Gasteiger partial charge in [-0.05, 0) is 26.7 Å². The molecular formula is C18H21N7O2S. The quantitative estimate of drug-likeness (QED) is 0.628. The molecular weight excluding hydrogens is 378 g/mol. The minimum Gasteiger partial charge on any atom is -0.496 e. The molecule has 4 rings (SSSR count). The Balaban J connectivity index is 1.82. The molecule has 1 unspecified atom stereocenters. The van der Waals surface area contributed by atoms with E-state index in [0.717, 1.165) is 33.7 Å². The van der Waals surface area contributed by atoms with Crippen LogP contribution in [0, 0.1) is 13.8 Å². The number of amides is 1. The van der Waals surface area contributed by atoms with Crippen molar-refractivity contribution in [2.75, 3.05) is 12.8 Å². The van der Waals surface area contributed by atoms with Gasteiger partial charge in [0.05, 0.1) is 35.7 Å². The molecule has 1 aliphatic heterocycles. The molecule has 3 aromatic heterocycles. The first kappa shape index (κ1) is 18.5. The van der Waals surface area contributed by atoms with Gasteiger partial charge < -0.3 is 16.2 Å². The van der Waals surface area contributed by atoms with Gasteiger partial charge >= 0.3 is 0 Å². The summed E-state index contributed by atoms with van der Waals surface area (Å²) >= 11 is 1.33. The van der Waals surface area contributed by atoms with Crippen LogP contribution in [-0.4, -0.2) is 43.0 Å². The fraction of sp³-hybridized carbons (Fsp3) is 0.389. The Hall–Kier alpha value is -2.88. The maximum Gasteiger partial charge on any atom is 0.230 e. The second-order valence-electron chi connectivity index (χ2n) is 6.78. The number of carbonyl (C=O) groups is 1. The van der Waals surface area contributed by atoms with Crippen molar-refractivity contribution in [2.45, 2.75) is 43.5 Å². The fourth-order valence-electron chi connectivity index (χ4n) is 3.53. The van der Waals surface area contributed by atoms with Gasteiger partial charge in [-0.2, -0.15) is 10.1 Å². The molecule has 1 amide bonds. The van der Waals surface area contributed by atoms with E-state index in [4.69, 9.17) is 21.3 Å². The van der Waals surface area contributed by atoms with E-state index in [1.807, 2.05) is 13.8 Å². The lowest BCUT2D eigenvalue weighted by atomic mass is 10.1. The molecule has 0 radical (unpaired) electrons. The Bertz CT molecular complexity index is 1100. The van der Waals surface area contributed by atoms with E-state index in [9.17, 15) is 4.79 Å². The van der Waals surface area contributed by atoms with Gasteiger partial charge in [-0.15, -0.1) is 0 Å². The first-order valence-electron chi connectivity index (χ1n) is 8.87. The van der Waals surface area contributed by atoms with Gasteiger partial charge in [-0.3, -0.25) is 9.78 Å². The summed E-state index contributed by atoms with van der Waals surface area (Å²) in [5.41, 5.74) is 15.7.